The number of fused-ring (bicyclic) bond motifs is 1. The van der Waals surface area contributed by atoms with Crippen LogP contribution in [0, 0.1) is 0 Å². The Kier molecular flexibility index (Phi) is 3.20. The normalized spacial score (nSPS) is 18.6. The highest BCUT2D eigenvalue weighted by Crippen LogP contribution is 2.14. The Labute approximate surface area is 97.0 Å². The molecular weight excluding hydrogens is 222 g/mol. The summed E-state index contributed by atoms with van der Waals surface area (Å²) in [5, 5.41) is 17.3. The van der Waals surface area contributed by atoms with Crippen LogP contribution in [0.15, 0.2) is 24.5 Å². The quantitative estimate of drug-likeness (QED) is 0.528. The Balaban J connectivity index is 0.000000136. The summed E-state index contributed by atoms with van der Waals surface area (Å²) < 4.78 is 0. The number of nitrogen functional groups attached to an aromatic ring is 1. The van der Waals surface area contributed by atoms with Gasteiger partial charge in [0, 0.05) is 0 Å². The summed E-state index contributed by atoms with van der Waals surface area (Å²) in [6, 6.07) is 0. The molecule has 1 aliphatic carbocycles. The van der Waals surface area contributed by atoms with E-state index >= 15 is 0 Å². The van der Waals surface area contributed by atoms with Gasteiger partial charge in [-0.2, -0.15) is 0 Å². The first-order chi connectivity index (χ1) is 8.18. The van der Waals surface area contributed by atoms with E-state index in [1.807, 2.05) is 0 Å². The van der Waals surface area contributed by atoms with Crippen LogP contribution in [-0.4, -0.2) is 36.3 Å². The molecule has 7 nitrogen and oxygen atoms in total. The van der Waals surface area contributed by atoms with Gasteiger partial charge in [-0.05, 0) is 18.9 Å². The second-order valence-corrected chi connectivity index (χ2v) is 3.58. The van der Waals surface area contributed by atoms with E-state index < -0.39 is 6.10 Å². The molecule has 1 unspecified atom stereocenters. The monoisotopic (exact) mass is 235 g/mol. The second kappa shape index (κ2) is 4.79. The third kappa shape index (κ3) is 2.51. The maximum absolute atomic E-state index is 8.68. The van der Waals surface area contributed by atoms with Crippen LogP contribution in [0.3, 0.4) is 0 Å². The predicted molar refractivity (Wildman–Crippen MR) is 62.0 cm³/mol. The fraction of sp³-hybridized carbons (Fsp3) is 0.300. The fourth-order valence-corrected chi connectivity index (χ4v) is 1.46. The number of hydrogen-bond donors (Lipinski definition) is 4. The topological polar surface area (TPSA) is 121 Å². The molecule has 2 heterocycles. The average molecular weight is 235 g/mol. The first kappa shape index (κ1) is 11.3. The number of aromatic amines is 1. The first-order valence-electron chi connectivity index (χ1n) is 5.15. The molecule has 2 aromatic rings. The summed E-state index contributed by atoms with van der Waals surface area (Å²) in [5.41, 5.74) is 6.78. The molecule has 17 heavy (non-hydrogen) atoms. The SMILES string of the molecule is Nc1ncnc2nc[nH]c12.OC1=CCCC1O. The van der Waals surface area contributed by atoms with Crippen molar-refractivity contribution in [1.82, 2.24) is 19.9 Å². The second-order valence-electron chi connectivity index (χ2n) is 3.58. The molecular formula is C10H13N5O2. The van der Waals surface area contributed by atoms with Crippen molar-refractivity contribution in [2.75, 3.05) is 5.73 Å². The Morgan fingerprint density at radius 3 is 2.71 bits per heavy atom. The summed E-state index contributed by atoms with van der Waals surface area (Å²) in [7, 11) is 0. The molecule has 0 saturated heterocycles. The van der Waals surface area contributed by atoms with Gasteiger partial charge in [0.25, 0.3) is 0 Å². The minimum absolute atomic E-state index is 0.139. The lowest BCUT2D eigenvalue weighted by Crippen LogP contribution is -2.02. The molecule has 5 N–H and O–H groups in total. The number of aromatic nitrogens is 4. The van der Waals surface area contributed by atoms with Crippen LogP contribution < -0.4 is 5.73 Å². The molecule has 0 spiro atoms. The number of rotatable bonds is 0. The summed E-state index contributed by atoms with van der Waals surface area (Å²) in [6.45, 7) is 0. The van der Waals surface area contributed by atoms with Crippen LogP contribution >= 0.6 is 0 Å². The number of nitrogens with one attached hydrogen (secondary N) is 1. The molecule has 3 rings (SSSR count). The van der Waals surface area contributed by atoms with Crippen molar-refractivity contribution in [1.29, 1.82) is 0 Å². The summed E-state index contributed by atoms with van der Waals surface area (Å²) in [5.74, 6) is 0.572. The van der Waals surface area contributed by atoms with E-state index in [9.17, 15) is 0 Å². The van der Waals surface area contributed by atoms with Crippen LogP contribution in [0.25, 0.3) is 11.2 Å². The summed E-state index contributed by atoms with van der Waals surface area (Å²) in [6.07, 6.45) is 5.50. The van der Waals surface area contributed by atoms with E-state index in [4.69, 9.17) is 15.9 Å². The lowest BCUT2D eigenvalue weighted by Gasteiger charge is -1.96. The van der Waals surface area contributed by atoms with Crippen molar-refractivity contribution in [3.8, 4) is 0 Å². The first-order valence-corrected chi connectivity index (χ1v) is 5.15. The number of aliphatic hydroxyl groups excluding tert-OH is 2. The molecule has 1 aliphatic rings. The maximum Gasteiger partial charge on any atom is 0.182 e. The molecule has 90 valence electrons. The molecule has 0 saturated carbocycles. The van der Waals surface area contributed by atoms with Crippen molar-refractivity contribution < 1.29 is 10.2 Å². The highest BCUT2D eigenvalue weighted by Gasteiger charge is 2.13. The zero-order valence-electron chi connectivity index (χ0n) is 9.04. The maximum atomic E-state index is 8.68. The largest absolute Gasteiger partial charge is 0.510 e. The standard InChI is InChI=1S/C5H5N5.C5H8O2/c6-4-3-5(9-1-7-3)10-2-8-4;6-4-2-1-3-5(4)7/h1-2H,(H3,6,7,8,9,10);2,5-7H,1,3H2. The van der Waals surface area contributed by atoms with E-state index in [0.717, 1.165) is 6.42 Å². The predicted octanol–water partition coefficient (Wildman–Crippen LogP) is 0.518. The Morgan fingerprint density at radius 1 is 1.35 bits per heavy atom. The minimum Gasteiger partial charge on any atom is -0.510 e. The Morgan fingerprint density at radius 2 is 2.18 bits per heavy atom. The van der Waals surface area contributed by atoms with Crippen molar-refractivity contribution in [3.63, 3.8) is 0 Å². The van der Waals surface area contributed by atoms with Crippen LogP contribution in [-0.2, 0) is 0 Å². The number of imidazole rings is 1. The van der Waals surface area contributed by atoms with Gasteiger partial charge >= 0.3 is 0 Å². The van der Waals surface area contributed by atoms with Gasteiger partial charge in [-0.15, -0.1) is 0 Å². The highest BCUT2D eigenvalue weighted by atomic mass is 16.3. The van der Waals surface area contributed by atoms with Crippen LogP contribution in [0.5, 0.6) is 0 Å². The van der Waals surface area contributed by atoms with Gasteiger partial charge < -0.3 is 20.9 Å². The van der Waals surface area contributed by atoms with Gasteiger partial charge in [-0.25, -0.2) is 15.0 Å². The number of anilines is 1. The van der Waals surface area contributed by atoms with E-state index in [1.54, 1.807) is 6.08 Å². The van der Waals surface area contributed by atoms with E-state index in [-0.39, 0.29) is 5.76 Å². The lowest BCUT2D eigenvalue weighted by molar-refractivity contribution is 0.158. The third-order valence-electron chi connectivity index (χ3n) is 2.39. The number of allylic oxidation sites excluding steroid dienone is 1. The molecule has 0 radical (unpaired) electrons. The number of aliphatic hydroxyl groups is 2. The molecule has 0 aromatic carbocycles. The number of nitrogens with two attached hydrogens (primary N) is 1. The zero-order chi connectivity index (χ0) is 12.3. The molecule has 1 atom stereocenters. The van der Waals surface area contributed by atoms with Crippen molar-refractivity contribution >= 4 is 17.0 Å². The Bertz CT molecular complexity index is 536. The van der Waals surface area contributed by atoms with E-state index in [2.05, 4.69) is 19.9 Å². The Hall–Kier alpha value is -2.15. The highest BCUT2D eigenvalue weighted by molar-refractivity contribution is 5.80. The fourth-order valence-electron chi connectivity index (χ4n) is 1.46. The lowest BCUT2D eigenvalue weighted by atomic mass is 10.3. The van der Waals surface area contributed by atoms with Gasteiger partial charge in [0.15, 0.2) is 11.5 Å². The molecule has 0 fully saturated rings. The summed E-state index contributed by atoms with van der Waals surface area (Å²) in [4.78, 5) is 14.4. The van der Waals surface area contributed by atoms with Gasteiger partial charge in [0.1, 0.15) is 23.7 Å². The van der Waals surface area contributed by atoms with Gasteiger partial charge in [0.2, 0.25) is 0 Å². The number of H-pyrrole nitrogens is 1. The molecule has 7 heteroatoms. The van der Waals surface area contributed by atoms with Crippen LogP contribution in [0.2, 0.25) is 0 Å². The minimum atomic E-state index is -0.569. The van der Waals surface area contributed by atoms with Gasteiger partial charge in [-0.1, -0.05) is 0 Å². The smallest absolute Gasteiger partial charge is 0.182 e. The molecule has 0 amide bonds. The van der Waals surface area contributed by atoms with Crippen LogP contribution in [0.4, 0.5) is 5.82 Å². The van der Waals surface area contributed by atoms with Crippen molar-refractivity contribution in [3.05, 3.63) is 24.5 Å². The van der Waals surface area contributed by atoms with Gasteiger partial charge in [0.05, 0.1) is 6.33 Å². The van der Waals surface area contributed by atoms with Crippen molar-refractivity contribution in [2.45, 2.75) is 18.9 Å². The molecule has 0 aliphatic heterocycles. The van der Waals surface area contributed by atoms with Crippen molar-refractivity contribution in [2.24, 2.45) is 0 Å². The molecule has 2 aromatic heterocycles. The number of hydrogen-bond acceptors (Lipinski definition) is 6. The van der Waals surface area contributed by atoms with Gasteiger partial charge in [-0.3, -0.25) is 0 Å². The number of nitrogens with zero attached hydrogens (tertiary/aromatic N) is 3. The third-order valence-corrected chi connectivity index (χ3v) is 2.39. The molecule has 0 bridgehead atoms. The van der Waals surface area contributed by atoms with Crippen LogP contribution in [0.1, 0.15) is 12.8 Å². The zero-order valence-corrected chi connectivity index (χ0v) is 9.04. The average Bonchev–Trinajstić information content (AvgIpc) is 2.91. The summed E-state index contributed by atoms with van der Waals surface area (Å²) >= 11 is 0. The van der Waals surface area contributed by atoms with E-state index in [0.29, 0.717) is 23.4 Å². The van der Waals surface area contributed by atoms with E-state index in [1.165, 1.54) is 12.7 Å².